The van der Waals surface area contributed by atoms with Gasteiger partial charge < -0.3 is 21.1 Å². The van der Waals surface area contributed by atoms with Gasteiger partial charge in [-0.25, -0.2) is 0 Å². The number of carbonyl (C=O) groups excluding carboxylic acids is 1. The van der Waals surface area contributed by atoms with E-state index in [2.05, 4.69) is 20.5 Å². The van der Waals surface area contributed by atoms with E-state index in [-0.39, 0.29) is 24.0 Å². The summed E-state index contributed by atoms with van der Waals surface area (Å²) in [5.41, 5.74) is 6.81. The maximum atomic E-state index is 11.0. The van der Waals surface area contributed by atoms with Crippen LogP contribution in [0.25, 0.3) is 0 Å². The molecular formula is C16H26IN5O2. The number of nitrogens with zero attached hydrogens (tertiary/aromatic N) is 2. The molecule has 24 heavy (non-hydrogen) atoms. The molecule has 0 spiro atoms. The number of aliphatic imine (C=N–C) groups is 1. The van der Waals surface area contributed by atoms with Gasteiger partial charge in [-0.05, 0) is 17.7 Å². The van der Waals surface area contributed by atoms with Crippen LogP contribution < -0.4 is 16.4 Å². The van der Waals surface area contributed by atoms with Gasteiger partial charge in [-0.3, -0.25) is 14.7 Å². The van der Waals surface area contributed by atoms with Gasteiger partial charge in [0.25, 0.3) is 0 Å². The molecule has 1 aromatic rings. The van der Waals surface area contributed by atoms with Gasteiger partial charge in [-0.1, -0.05) is 12.1 Å². The lowest BCUT2D eigenvalue weighted by molar-refractivity contribution is 0.0389. The van der Waals surface area contributed by atoms with E-state index in [4.69, 9.17) is 10.5 Å². The fraction of sp³-hybridized carbons (Fsp3) is 0.500. The minimum absolute atomic E-state index is 0. The van der Waals surface area contributed by atoms with Crippen molar-refractivity contribution in [2.45, 2.75) is 6.54 Å². The Morgan fingerprint density at radius 2 is 1.92 bits per heavy atom. The molecule has 8 heteroatoms. The summed E-state index contributed by atoms with van der Waals surface area (Å²) in [4.78, 5) is 17.6. The van der Waals surface area contributed by atoms with Crippen molar-refractivity contribution in [1.29, 1.82) is 0 Å². The Bertz CT molecular complexity index is 530. The number of nitrogens with two attached hydrogens (primary N) is 1. The molecule has 1 aliphatic heterocycles. The predicted octanol–water partition coefficient (Wildman–Crippen LogP) is 0.401. The van der Waals surface area contributed by atoms with E-state index in [0.717, 1.165) is 50.9 Å². The van der Waals surface area contributed by atoms with Crippen LogP contribution in [0.3, 0.4) is 0 Å². The molecule has 2 rings (SSSR count). The Hall–Kier alpha value is -1.39. The maximum absolute atomic E-state index is 11.0. The maximum Gasteiger partial charge on any atom is 0.248 e. The van der Waals surface area contributed by atoms with Crippen LogP contribution >= 0.6 is 24.0 Å². The Morgan fingerprint density at radius 1 is 1.25 bits per heavy atom. The van der Waals surface area contributed by atoms with E-state index < -0.39 is 5.91 Å². The molecule has 134 valence electrons. The number of benzene rings is 1. The molecule has 1 fully saturated rings. The lowest BCUT2D eigenvalue weighted by Gasteiger charge is -2.26. The molecule has 0 atom stereocenters. The standard InChI is InChI=1S/C16H25N5O2.HI/c1-18-16(19-6-7-21-8-10-23-11-9-21)20-12-13-2-4-14(5-3-13)15(17)22;/h2-5H,6-12H2,1H3,(H2,17,22)(H2,18,19,20);1H. The van der Waals surface area contributed by atoms with Crippen molar-refractivity contribution in [3.8, 4) is 0 Å². The highest BCUT2D eigenvalue weighted by atomic mass is 127. The number of hydrogen-bond donors (Lipinski definition) is 3. The second-order valence-corrected chi connectivity index (χ2v) is 5.37. The van der Waals surface area contributed by atoms with Crippen molar-refractivity contribution in [2.75, 3.05) is 46.4 Å². The Balaban J connectivity index is 0.00000288. The molecule has 1 heterocycles. The van der Waals surface area contributed by atoms with Crippen LogP contribution in [0.1, 0.15) is 15.9 Å². The average Bonchev–Trinajstić information content (AvgIpc) is 2.59. The zero-order valence-corrected chi connectivity index (χ0v) is 16.3. The van der Waals surface area contributed by atoms with Gasteiger partial charge in [0.15, 0.2) is 5.96 Å². The smallest absolute Gasteiger partial charge is 0.248 e. The fourth-order valence-electron chi connectivity index (χ4n) is 2.35. The van der Waals surface area contributed by atoms with Crippen LogP contribution in [0.2, 0.25) is 0 Å². The number of ether oxygens (including phenoxy) is 1. The van der Waals surface area contributed by atoms with Gasteiger partial charge in [0.05, 0.1) is 13.2 Å². The molecule has 1 amide bonds. The largest absolute Gasteiger partial charge is 0.379 e. The molecule has 0 saturated carbocycles. The van der Waals surface area contributed by atoms with Crippen LogP contribution in [0, 0.1) is 0 Å². The van der Waals surface area contributed by atoms with Gasteiger partial charge in [-0.15, -0.1) is 24.0 Å². The van der Waals surface area contributed by atoms with Crippen LogP contribution in [-0.2, 0) is 11.3 Å². The molecule has 0 unspecified atom stereocenters. The molecular weight excluding hydrogens is 421 g/mol. The van der Waals surface area contributed by atoms with Crippen molar-refractivity contribution in [3.05, 3.63) is 35.4 Å². The molecule has 1 aromatic carbocycles. The summed E-state index contributed by atoms with van der Waals surface area (Å²) in [6.45, 7) is 6.04. The monoisotopic (exact) mass is 447 g/mol. The first-order valence-electron chi connectivity index (χ1n) is 7.82. The molecule has 7 nitrogen and oxygen atoms in total. The van der Waals surface area contributed by atoms with Gasteiger partial charge in [-0.2, -0.15) is 0 Å². The number of rotatable bonds is 6. The summed E-state index contributed by atoms with van der Waals surface area (Å²) in [6, 6.07) is 7.23. The van der Waals surface area contributed by atoms with E-state index in [0.29, 0.717) is 12.1 Å². The Labute approximate surface area is 160 Å². The highest BCUT2D eigenvalue weighted by Gasteiger charge is 2.09. The third kappa shape index (κ3) is 7.02. The highest BCUT2D eigenvalue weighted by Crippen LogP contribution is 2.03. The van der Waals surface area contributed by atoms with Crippen LogP contribution in [0.4, 0.5) is 0 Å². The van der Waals surface area contributed by atoms with Crippen molar-refractivity contribution in [3.63, 3.8) is 0 Å². The number of morpholine rings is 1. The van der Waals surface area contributed by atoms with E-state index in [1.165, 1.54) is 0 Å². The lowest BCUT2D eigenvalue weighted by atomic mass is 10.1. The third-order valence-electron chi connectivity index (χ3n) is 3.75. The topological polar surface area (TPSA) is 92.0 Å². The Morgan fingerprint density at radius 3 is 2.50 bits per heavy atom. The van der Waals surface area contributed by atoms with Gasteiger partial charge in [0.1, 0.15) is 0 Å². The molecule has 1 saturated heterocycles. The molecule has 0 aliphatic carbocycles. The average molecular weight is 447 g/mol. The van der Waals surface area contributed by atoms with Gasteiger partial charge >= 0.3 is 0 Å². The SMILES string of the molecule is CN=C(NCCN1CCOCC1)NCc1ccc(C(N)=O)cc1.I. The third-order valence-corrected chi connectivity index (χ3v) is 3.75. The van der Waals surface area contributed by atoms with Gasteiger partial charge in [0.2, 0.25) is 5.91 Å². The van der Waals surface area contributed by atoms with Crippen molar-refractivity contribution < 1.29 is 9.53 Å². The number of primary amides is 1. The number of guanidine groups is 1. The normalized spacial score (nSPS) is 15.5. The first-order chi connectivity index (χ1) is 11.2. The molecule has 0 bridgehead atoms. The minimum atomic E-state index is -0.412. The summed E-state index contributed by atoms with van der Waals surface area (Å²) in [6.07, 6.45) is 0. The summed E-state index contributed by atoms with van der Waals surface area (Å²) < 4.78 is 5.33. The zero-order valence-electron chi connectivity index (χ0n) is 14.0. The summed E-state index contributed by atoms with van der Waals surface area (Å²) in [5.74, 6) is 0.349. The summed E-state index contributed by atoms with van der Waals surface area (Å²) >= 11 is 0. The van der Waals surface area contributed by atoms with Crippen LogP contribution in [0.5, 0.6) is 0 Å². The molecule has 0 aromatic heterocycles. The Kier molecular flexibility index (Phi) is 9.65. The summed E-state index contributed by atoms with van der Waals surface area (Å²) in [7, 11) is 1.75. The van der Waals surface area contributed by atoms with Crippen molar-refractivity contribution in [1.82, 2.24) is 15.5 Å². The van der Waals surface area contributed by atoms with Gasteiger partial charge in [0, 0.05) is 45.3 Å². The molecule has 4 N–H and O–H groups in total. The van der Waals surface area contributed by atoms with Crippen LogP contribution in [-0.4, -0.2) is 63.2 Å². The lowest BCUT2D eigenvalue weighted by Crippen LogP contribution is -2.44. The summed E-state index contributed by atoms with van der Waals surface area (Å²) in [5, 5.41) is 6.55. The number of amides is 1. The molecule has 1 aliphatic rings. The first-order valence-corrected chi connectivity index (χ1v) is 7.82. The number of halogens is 1. The number of hydrogen-bond acceptors (Lipinski definition) is 4. The number of nitrogens with one attached hydrogen (secondary N) is 2. The number of carbonyl (C=O) groups is 1. The second kappa shape index (κ2) is 11.2. The van der Waals surface area contributed by atoms with Crippen LogP contribution in [0.15, 0.2) is 29.3 Å². The first kappa shape index (κ1) is 20.7. The van der Waals surface area contributed by atoms with E-state index >= 15 is 0 Å². The van der Waals surface area contributed by atoms with Crippen molar-refractivity contribution >= 4 is 35.8 Å². The minimum Gasteiger partial charge on any atom is -0.379 e. The quantitative estimate of drug-likeness (QED) is 0.334. The van der Waals surface area contributed by atoms with E-state index in [1.54, 1.807) is 19.2 Å². The van der Waals surface area contributed by atoms with E-state index in [1.807, 2.05) is 12.1 Å². The predicted molar refractivity (Wildman–Crippen MR) is 106 cm³/mol. The van der Waals surface area contributed by atoms with Crippen molar-refractivity contribution in [2.24, 2.45) is 10.7 Å². The second-order valence-electron chi connectivity index (χ2n) is 5.37. The van der Waals surface area contributed by atoms with E-state index in [9.17, 15) is 4.79 Å². The zero-order chi connectivity index (χ0) is 16.5. The fourth-order valence-corrected chi connectivity index (χ4v) is 2.35. The molecule has 0 radical (unpaired) electrons. The highest BCUT2D eigenvalue weighted by molar-refractivity contribution is 14.0.